The van der Waals surface area contributed by atoms with Gasteiger partial charge in [0.05, 0.1) is 6.42 Å². The lowest BCUT2D eigenvalue weighted by Gasteiger charge is -2.29. The Morgan fingerprint density at radius 1 is 1.11 bits per heavy atom. The Morgan fingerprint density at radius 2 is 1.68 bits per heavy atom. The maximum atomic E-state index is 12.0. The van der Waals surface area contributed by atoms with Crippen molar-refractivity contribution in [3.8, 4) is 0 Å². The highest BCUT2D eigenvalue weighted by atomic mass is 16.4. The predicted octanol–water partition coefficient (Wildman–Crippen LogP) is 1.59. The van der Waals surface area contributed by atoms with Crippen LogP contribution >= 0.6 is 0 Å². The Labute approximate surface area is 113 Å². The lowest BCUT2D eigenvalue weighted by molar-refractivity contribution is -0.152. The van der Waals surface area contributed by atoms with Crippen molar-refractivity contribution < 1.29 is 24.6 Å². The third-order valence-corrected chi connectivity index (χ3v) is 2.71. The van der Waals surface area contributed by atoms with E-state index >= 15 is 0 Å². The number of rotatable bonds is 9. The van der Waals surface area contributed by atoms with Crippen molar-refractivity contribution >= 4 is 17.8 Å². The Hall–Kier alpha value is -1.59. The zero-order valence-corrected chi connectivity index (χ0v) is 11.8. The number of carbonyl (C=O) groups excluding carboxylic acids is 1. The molecule has 0 saturated carbocycles. The summed E-state index contributed by atoms with van der Waals surface area (Å²) in [7, 11) is 0. The lowest BCUT2D eigenvalue weighted by Crippen LogP contribution is -2.46. The number of nitrogens with zero attached hydrogens (tertiary/aromatic N) is 1. The van der Waals surface area contributed by atoms with Crippen LogP contribution in [0.3, 0.4) is 0 Å². The van der Waals surface area contributed by atoms with E-state index < -0.39 is 18.0 Å². The second-order valence-electron chi connectivity index (χ2n) is 4.96. The molecule has 6 nitrogen and oxygen atoms in total. The average Bonchev–Trinajstić information content (AvgIpc) is 2.27. The van der Waals surface area contributed by atoms with E-state index in [1.165, 1.54) is 4.90 Å². The largest absolute Gasteiger partial charge is 0.481 e. The maximum absolute atomic E-state index is 12.0. The van der Waals surface area contributed by atoms with E-state index in [-0.39, 0.29) is 31.2 Å². The van der Waals surface area contributed by atoms with Crippen LogP contribution in [-0.2, 0) is 14.4 Å². The van der Waals surface area contributed by atoms with Crippen LogP contribution in [0.2, 0.25) is 0 Å². The summed E-state index contributed by atoms with van der Waals surface area (Å²) in [4.78, 5) is 35.0. The van der Waals surface area contributed by atoms with Gasteiger partial charge in [0.2, 0.25) is 5.91 Å². The molecule has 2 N–H and O–H groups in total. The van der Waals surface area contributed by atoms with Gasteiger partial charge in [-0.3, -0.25) is 9.59 Å². The highest BCUT2D eigenvalue weighted by Gasteiger charge is 2.29. The average molecular weight is 273 g/mol. The van der Waals surface area contributed by atoms with Crippen molar-refractivity contribution in [1.82, 2.24) is 4.90 Å². The molecular formula is C13H23NO5. The number of amides is 1. The van der Waals surface area contributed by atoms with Gasteiger partial charge < -0.3 is 15.1 Å². The molecule has 0 saturated heterocycles. The predicted molar refractivity (Wildman–Crippen MR) is 69.8 cm³/mol. The first-order chi connectivity index (χ1) is 8.79. The molecule has 0 aliphatic rings. The van der Waals surface area contributed by atoms with Crippen LogP contribution in [-0.4, -0.2) is 45.5 Å². The maximum Gasteiger partial charge on any atom is 0.326 e. The van der Waals surface area contributed by atoms with Gasteiger partial charge in [0.1, 0.15) is 6.04 Å². The van der Waals surface area contributed by atoms with Gasteiger partial charge in [-0.2, -0.15) is 0 Å². The first-order valence-electron chi connectivity index (χ1n) is 6.53. The number of carboxylic acid groups (broad SMARTS) is 2. The highest BCUT2D eigenvalue weighted by Crippen LogP contribution is 2.14. The molecule has 0 rings (SSSR count). The summed E-state index contributed by atoms with van der Waals surface area (Å²) in [6.45, 7) is 5.51. The summed E-state index contributed by atoms with van der Waals surface area (Å²) in [6.07, 6.45) is 0.930. The fourth-order valence-corrected chi connectivity index (χ4v) is 1.84. The first-order valence-corrected chi connectivity index (χ1v) is 6.53. The van der Waals surface area contributed by atoms with Crippen molar-refractivity contribution in [2.45, 2.75) is 52.5 Å². The summed E-state index contributed by atoms with van der Waals surface area (Å²) >= 11 is 0. The fraction of sp³-hybridized carbons (Fsp3) is 0.769. The van der Waals surface area contributed by atoms with E-state index in [0.717, 1.165) is 0 Å². The molecule has 19 heavy (non-hydrogen) atoms. The van der Waals surface area contributed by atoms with Gasteiger partial charge in [-0.25, -0.2) is 4.79 Å². The van der Waals surface area contributed by atoms with Crippen LogP contribution in [0.1, 0.15) is 46.5 Å². The molecule has 0 aromatic carbocycles. The molecule has 1 unspecified atom stereocenters. The SMILES string of the molecule is CCCC(=O)N(CCC(=O)O)C(CC(C)C)C(=O)O. The number of carboxylic acids is 2. The number of carbonyl (C=O) groups is 3. The van der Waals surface area contributed by atoms with Gasteiger partial charge in [-0.1, -0.05) is 20.8 Å². The zero-order chi connectivity index (χ0) is 15.0. The Bertz CT molecular complexity index is 327. The van der Waals surface area contributed by atoms with Crippen LogP contribution in [0.5, 0.6) is 0 Å². The normalized spacial score (nSPS) is 12.2. The minimum Gasteiger partial charge on any atom is -0.481 e. The summed E-state index contributed by atoms with van der Waals surface area (Å²) < 4.78 is 0. The van der Waals surface area contributed by atoms with Crippen LogP contribution < -0.4 is 0 Å². The topological polar surface area (TPSA) is 94.9 Å². The summed E-state index contributed by atoms with van der Waals surface area (Å²) in [5, 5.41) is 17.9. The van der Waals surface area contributed by atoms with E-state index in [1.807, 2.05) is 20.8 Å². The molecule has 6 heteroatoms. The Kier molecular flexibility index (Phi) is 7.79. The van der Waals surface area contributed by atoms with Crippen LogP contribution in [0, 0.1) is 5.92 Å². The molecule has 0 aromatic rings. The molecule has 0 spiro atoms. The standard InChI is InChI=1S/C13H23NO5/c1-4-5-11(15)14(7-6-12(16)17)10(13(18)19)8-9(2)3/h9-10H,4-8H2,1-3H3,(H,16,17)(H,18,19). The van der Waals surface area contributed by atoms with E-state index in [4.69, 9.17) is 5.11 Å². The van der Waals surface area contributed by atoms with Crippen LogP contribution in [0.15, 0.2) is 0 Å². The van der Waals surface area contributed by atoms with Crippen LogP contribution in [0.25, 0.3) is 0 Å². The number of aliphatic carboxylic acids is 2. The summed E-state index contributed by atoms with van der Waals surface area (Å²) in [5.41, 5.74) is 0. The molecule has 1 atom stereocenters. The van der Waals surface area contributed by atoms with Gasteiger partial charge in [0.15, 0.2) is 0 Å². The van der Waals surface area contributed by atoms with Crippen molar-refractivity contribution in [3.63, 3.8) is 0 Å². The fourth-order valence-electron chi connectivity index (χ4n) is 1.84. The van der Waals surface area contributed by atoms with Crippen molar-refractivity contribution in [2.75, 3.05) is 6.54 Å². The first kappa shape index (κ1) is 17.4. The quantitative estimate of drug-likeness (QED) is 0.665. The lowest BCUT2D eigenvalue weighted by atomic mass is 10.0. The molecule has 0 aliphatic carbocycles. The minimum atomic E-state index is -1.08. The molecule has 0 bridgehead atoms. The summed E-state index contributed by atoms with van der Waals surface area (Å²) in [6, 6.07) is -0.946. The van der Waals surface area contributed by atoms with Gasteiger partial charge >= 0.3 is 11.9 Å². The molecule has 0 heterocycles. The molecule has 1 amide bonds. The monoisotopic (exact) mass is 273 g/mol. The minimum absolute atomic E-state index is 0.0577. The van der Waals surface area contributed by atoms with Crippen molar-refractivity contribution in [1.29, 1.82) is 0 Å². The van der Waals surface area contributed by atoms with Gasteiger partial charge in [-0.05, 0) is 18.8 Å². The second kappa shape index (κ2) is 8.50. The smallest absolute Gasteiger partial charge is 0.326 e. The molecule has 0 aromatic heterocycles. The van der Waals surface area contributed by atoms with Crippen molar-refractivity contribution in [3.05, 3.63) is 0 Å². The van der Waals surface area contributed by atoms with Crippen LogP contribution in [0.4, 0.5) is 0 Å². The van der Waals surface area contributed by atoms with E-state index in [9.17, 15) is 19.5 Å². The number of hydrogen-bond donors (Lipinski definition) is 2. The van der Waals surface area contributed by atoms with E-state index in [0.29, 0.717) is 12.8 Å². The van der Waals surface area contributed by atoms with Crippen molar-refractivity contribution in [2.24, 2.45) is 5.92 Å². The van der Waals surface area contributed by atoms with E-state index in [2.05, 4.69) is 0 Å². The highest BCUT2D eigenvalue weighted by molar-refractivity contribution is 5.84. The molecule has 0 aliphatic heterocycles. The van der Waals surface area contributed by atoms with E-state index in [1.54, 1.807) is 0 Å². The van der Waals surface area contributed by atoms with Gasteiger partial charge in [0, 0.05) is 13.0 Å². The van der Waals surface area contributed by atoms with Gasteiger partial charge in [-0.15, -0.1) is 0 Å². The summed E-state index contributed by atoms with van der Waals surface area (Å²) in [5.74, 6) is -2.30. The second-order valence-corrected chi connectivity index (χ2v) is 4.96. The number of hydrogen-bond acceptors (Lipinski definition) is 3. The molecule has 0 fully saturated rings. The Balaban J connectivity index is 4.97. The molecular weight excluding hydrogens is 250 g/mol. The zero-order valence-electron chi connectivity index (χ0n) is 11.8. The third-order valence-electron chi connectivity index (χ3n) is 2.71. The third kappa shape index (κ3) is 6.79. The van der Waals surface area contributed by atoms with Gasteiger partial charge in [0.25, 0.3) is 0 Å². The molecule has 110 valence electrons. The molecule has 0 radical (unpaired) electrons. The Morgan fingerprint density at radius 3 is 2.05 bits per heavy atom.